The van der Waals surface area contributed by atoms with Crippen LogP contribution in [0.15, 0.2) is 22.7 Å². The standard InChI is InChI=1S/C15H23BrFN3/c1-18(2)3-4-19-5-7-20(8-6-19)12-13-9-14(16)11-15(17)10-13/h9-11H,3-8,12H2,1-2H3. The van der Waals surface area contributed by atoms with Crippen LogP contribution in [0, 0.1) is 5.82 Å². The summed E-state index contributed by atoms with van der Waals surface area (Å²) < 4.78 is 14.2. The van der Waals surface area contributed by atoms with Crippen LogP contribution in [-0.2, 0) is 6.54 Å². The molecule has 0 radical (unpaired) electrons. The van der Waals surface area contributed by atoms with Gasteiger partial charge in [-0.3, -0.25) is 9.80 Å². The van der Waals surface area contributed by atoms with Crippen LogP contribution in [-0.4, -0.2) is 68.1 Å². The second-order valence-electron chi connectivity index (χ2n) is 5.70. The van der Waals surface area contributed by atoms with Crippen LogP contribution in [0.1, 0.15) is 5.56 Å². The van der Waals surface area contributed by atoms with Crippen molar-refractivity contribution in [3.05, 3.63) is 34.1 Å². The van der Waals surface area contributed by atoms with Gasteiger partial charge < -0.3 is 4.90 Å². The van der Waals surface area contributed by atoms with Crippen molar-refractivity contribution in [1.29, 1.82) is 0 Å². The van der Waals surface area contributed by atoms with Crippen molar-refractivity contribution < 1.29 is 4.39 Å². The van der Waals surface area contributed by atoms with Crippen LogP contribution >= 0.6 is 15.9 Å². The Labute approximate surface area is 129 Å². The molecule has 0 atom stereocenters. The number of halogens is 2. The van der Waals surface area contributed by atoms with E-state index in [0.717, 1.165) is 55.8 Å². The summed E-state index contributed by atoms with van der Waals surface area (Å²) >= 11 is 3.35. The molecule has 1 fully saturated rings. The third-order valence-corrected chi connectivity index (χ3v) is 4.11. The molecule has 1 aliphatic rings. The van der Waals surface area contributed by atoms with Crippen LogP contribution < -0.4 is 0 Å². The summed E-state index contributed by atoms with van der Waals surface area (Å²) in [6, 6.07) is 5.13. The lowest BCUT2D eigenvalue weighted by molar-refractivity contribution is 0.120. The number of hydrogen-bond acceptors (Lipinski definition) is 3. The first kappa shape index (κ1) is 15.9. The Bertz CT molecular complexity index is 411. The summed E-state index contributed by atoms with van der Waals surface area (Å²) in [5, 5.41) is 0. The summed E-state index contributed by atoms with van der Waals surface area (Å²) in [7, 11) is 4.22. The van der Waals surface area contributed by atoms with Gasteiger partial charge in [0.1, 0.15) is 5.82 Å². The van der Waals surface area contributed by atoms with Gasteiger partial charge in [0.15, 0.2) is 0 Å². The molecule has 1 heterocycles. The molecule has 1 saturated heterocycles. The maximum atomic E-state index is 13.4. The number of hydrogen-bond donors (Lipinski definition) is 0. The van der Waals surface area contributed by atoms with E-state index in [4.69, 9.17) is 0 Å². The molecule has 0 amide bonds. The maximum absolute atomic E-state index is 13.4. The van der Waals surface area contributed by atoms with Gasteiger partial charge in [0.2, 0.25) is 0 Å². The average molecular weight is 344 g/mol. The van der Waals surface area contributed by atoms with Crippen LogP contribution in [0.25, 0.3) is 0 Å². The minimum absolute atomic E-state index is 0.168. The second kappa shape index (κ2) is 7.50. The Hall–Kier alpha value is -0.490. The third-order valence-electron chi connectivity index (χ3n) is 3.66. The van der Waals surface area contributed by atoms with Crippen molar-refractivity contribution in [2.75, 3.05) is 53.4 Å². The number of nitrogens with zero attached hydrogens (tertiary/aromatic N) is 3. The van der Waals surface area contributed by atoms with Gasteiger partial charge in [-0.25, -0.2) is 4.39 Å². The van der Waals surface area contributed by atoms with Gasteiger partial charge in [0.25, 0.3) is 0 Å². The Kier molecular flexibility index (Phi) is 5.96. The maximum Gasteiger partial charge on any atom is 0.124 e. The lowest BCUT2D eigenvalue weighted by Crippen LogP contribution is -2.47. The van der Waals surface area contributed by atoms with E-state index >= 15 is 0 Å². The molecule has 2 rings (SSSR count). The third kappa shape index (κ3) is 5.13. The van der Waals surface area contributed by atoms with E-state index in [1.807, 2.05) is 6.07 Å². The average Bonchev–Trinajstić information content (AvgIpc) is 2.36. The molecule has 5 heteroatoms. The quantitative estimate of drug-likeness (QED) is 0.811. The molecule has 20 heavy (non-hydrogen) atoms. The lowest BCUT2D eigenvalue weighted by Gasteiger charge is -2.35. The molecular formula is C15H23BrFN3. The van der Waals surface area contributed by atoms with E-state index in [0.29, 0.717) is 0 Å². The zero-order valence-electron chi connectivity index (χ0n) is 12.3. The van der Waals surface area contributed by atoms with Crippen molar-refractivity contribution >= 4 is 15.9 Å². The Morgan fingerprint density at radius 1 is 1.10 bits per heavy atom. The fraction of sp³-hybridized carbons (Fsp3) is 0.600. The van der Waals surface area contributed by atoms with E-state index in [9.17, 15) is 4.39 Å². The number of likely N-dealkylation sites (N-methyl/N-ethyl adjacent to an activating group) is 1. The normalized spacial score (nSPS) is 17.9. The van der Waals surface area contributed by atoms with E-state index in [1.54, 1.807) is 6.07 Å². The summed E-state index contributed by atoms with van der Waals surface area (Å²) in [4.78, 5) is 7.11. The number of piperazine rings is 1. The highest BCUT2D eigenvalue weighted by Gasteiger charge is 2.17. The molecule has 0 aliphatic carbocycles. The largest absolute Gasteiger partial charge is 0.308 e. The minimum atomic E-state index is -0.168. The van der Waals surface area contributed by atoms with Crippen molar-refractivity contribution in [3.63, 3.8) is 0 Å². The van der Waals surface area contributed by atoms with Crippen LogP contribution in [0.4, 0.5) is 4.39 Å². The highest BCUT2D eigenvalue weighted by Crippen LogP contribution is 2.17. The van der Waals surface area contributed by atoms with Crippen LogP contribution in [0.2, 0.25) is 0 Å². The first-order valence-corrected chi connectivity index (χ1v) is 7.86. The Balaban J connectivity index is 1.79. The highest BCUT2D eigenvalue weighted by molar-refractivity contribution is 9.10. The first-order valence-electron chi connectivity index (χ1n) is 7.07. The zero-order valence-corrected chi connectivity index (χ0v) is 13.9. The molecule has 112 valence electrons. The SMILES string of the molecule is CN(C)CCN1CCN(Cc2cc(F)cc(Br)c2)CC1. The van der Waals surface area contributed by atoms with Crippen LogP contribution in [0.5, 0.6) is 0 Å². The van der Waals surface area contributed by atoms with Crippen molar-refractivity contribution in [3.8, 4) is 0 Å². The summed E-state index contributed by atoms with van der Waals surface area (Å²) in [6.07, 6.45) is 0. The zero-order chi connectivity index (χ0) is 14.5. The van der Waals surface area contributed by atoms with Gasteiger partial charge in [0.05, 0.1) is 0 Å². The predicted molar refractivity (Wildman–Crippen MR) is 84.4 cm³/mol. The number of rotatable bonds is 5. The monoisotopic (exact) mass is 343 g/mol. The summed E-state index contributed by atoms with van der Waals surface area (Å²) in [6.45, 7) is 7.39. The predicted octanol–water partition coefficient (Wildman–Crippen LogP) is 2.27. The lowest BCUT2D eigenvalue weighted by atomic mass is 10.2. The molecule has 0 spiro atoms. The molecule has 0 bridgehead atoms. The fourth-order valence-corrected chi connectivity index (χ4v) is 2.99. The molecule has 1 aromatic rings. The van der Waals surface area contributed by atoms with Crippen molar-refractivity contribution in [2.45, 2.75) is 6.54 Å². The summed E-state index contributed by atoms with van der Waals surface area (Å²) in [5.41, 5.74) is 1.04. The van der Waals surface area contributed by atoms with Gasteiger partial charge in [-0.1, -0.05) is 15.9 Å². The molecule has 3 nitrogen and oxygen atoms in total. The molecule has 0 saturated carbocycles. The summed E-state index contributed by atoms with van der Waals surface area (Å²) in [5.74, 6) is -0.168. The topological polar surface area (TPSA) is 9.72 Å². The first-order chi connectivity index (χ1) is 9.52. The van der Waals surface area contributed by atoms with Gasteiger partial charge in [0, 0.05) is 50.3 Å². The van der Waals surface area contributed by atoms with Gasteiger partial charge in [-0.15, -0.1) is 0 Å². The van der Waals surface area contributed by atoms with Crippen molar-refractivity contribution in [2.24, 2.45) is 0 Å². The molecule has 0 unspecified atom stereocenters. The van der Waals surface area contributed by atoms with E-state index in [2.05, 4.69) is 44.7 Å². The molecule has 1 aliphatic heterocycles. The molecule has 0 aromatic heterocycles. The van der Waals surface area contributed by atoms with Gasteiger partial charge in [-0.05, 0) is 37.9 Å². The Morgan fingerprint density at radius 2 is 1.75 bits per heavy atom. The second-order valence-corrected chi connectivity index (χ2v) is 6.61. The Morgan fingerprint density at radius 3 is 2.35 bits per heavy atom. The number of benzene rings is 1. The van der Waals surface area contributed by atoms with E-state index in [1.165, 1.54) is 6.07 Å². The van der Waals surface area contributed by atoms with Gasteiger partial charge in [-0.2, -0.15) is 0 Å². The van der Waals surface area contributed by atoms with Gasteiger partial charge >= 0.3 is 0 Å². The fourth-order valence-electron chi connectivity index (χ4n) is 2.47. The smallest absolute Gasteiger partial charge is 0.124 e. The highest BCUT2D eigenvalue weighted by atomic mass is 79.9. The van der Waals surface area contributed by atoms with E-state index in [-0.39, 0.29) is 5.82 Å². The van der Waals surface area contributed by atoms with Crippen LogP contribution in [0.3, 0.4) is 0 Å². The molecule has 0 N–H and O–H groups in total. The van der Waals surface area contributed by atoms with E-state index < -0.39 is 0 Å². The molecular weight excluding hydrogens is 321 g/mol. The minimum Gasteiger partial charge on any atom is -0.308 e. The molecule has 1 aromatic carbocycles. The van der Waals surface area contributed by atoms with Crippen molar-refractivity contribution in [1.82, 2.24) is 14.7 Å².